The fraction of sp³-hybridized carbons (Fsp3) is 0.294. The predicted molar refractivity (Wildman–Crippen MR) is 96.2 cm³/mol. The Morgan fingerprint density at radius 3 is 2.70 bits per heavy atom. The normalized spacial score (nSPS) is 18.4. The van der Waals surface area contributed by atoms with Crippen molar-refractivity contribution in [2.24, 2.45) is 0 Å². The number of aryl methyl sites for hydroxylation is 1. The SMILES string of the molecule is Cc1ccc(S(=O)(=O)N2CC(C)NCc3ccccc32)c(Br)c1. The molecule has 1 atom stereocenters. The Hall–Kier alpha value is -1.37. The Balaban J connectivity index is 2.14. The molecule has 2 aromatic rings. The van der Waals surface area contributed by atoms with Crippen LogP contribution in [0.15, 0.2) is 51.8 Å². The van der Waals surface area contributed by atoms with E-state index in [0.29, 0.717) is 22.5 Å². The number of benzene rings is 2. The van der Waals surface area contributed by atoms with Crippen molar-refractivity contribution in [3.05, 3.63) is 58.1 Å². The lowest BCUT2D eigenvalue weighted by atomic mass is 10.2. The molecule has 1 aliphatic heterocycles. The summed E-state index contributed by atoms with van der Waals surface area (Å²) in [6.45, 7) is 5.01. The van der Waals surface area contributed by atoms with Crippen LogP contribution >= 0.6 is 15.9 Å². The fourth-order valence-electron chi connectivity index (χ4n) is 2.76. The number of halogens is 1. The average Bonchev–Trinajstić information content (AvgIpc) is 2.67. The zero-order valence-corrected chi connectivity index (χ0v) is 15.5. The zero-order valence-electron chi connectivity index (χ0n) is 13.1. The maximum absolute atomic E-state index is 13.2. The first kappa shape index (κ1) is 16.5. The van der Waals surface area contributed by atoms with Gasteiger partial charge in [-0.15, -0.1) is 0 Å². The van der Waals surface area contributed by atoms with E-state index in [4.69, 9.17) is 0 Å². The molecule has 4 nitrogen and oxygen atoms in total. The molecule has 0 saturated heterocycles. The molecule has 0 amide bonds. The van der Waals surface area contributed by atoms with Gasteiger partial charge in [-0.1, -0.05) is 24.3 Å². The molecule has 0 aromatic heterocycles. The molecule has 6 heteroatoms. The van der Waals surface area contributed by atoms with Gasteiger partial charge in [-0.3, -0.25) is 4.31 Å². The standard InChI is InChI=1S/C17H19BrN2O2S/c1-12-7-8-17(15(18)9-12)23(21,22)20-11-13(2)19-10-14-5-3-4-6-16(14)20/h3-9,13,19H,10-11H2,1-2H3. The van der Waals surface area contributed by atoms with Crippen molar-refractivity contribution < 1.29 is 8.42 Å². The van der Waals surface area contributed by atoms with Crippen LogP contribution in [-0.4, -0.2) is 21.0 Å². The van der Waals surface area contributed by atoms with Crippen LogP contribution in [0.3, 0.4) is 0 Å². The monoisotopic (exact) mass is 394 g/mol. The molecule has 0 aliphatic carbocycles. The number of hydrogen-bond donors (Lipinski definition) is 1. The second-order valence-corrected chi connectivity index (χ2v) is 8.57. The molecule has 0 bridgehead atoms. The third kappa shape index (κ3) is 3.16. The van der Waals surface area contributed by atoms with E-state index in [2.05, 4.69) is 21.2 Å². The Morgan fingerprint density at radius 2 is 1.96 bits per heavy atom. The molecule has 1 N–H and O–H groups in total. The number of nitrogens with zero attached hydrogens (tertiary/aromatic N) is 1. The maximum Gasteiger partial charge on any atom is 0.265 e. The van der Waals surface area contributed by atoms with Gasteiger partial charge in [0.2, 0.25) is 0 Å². The van der Waals surface area contributed by atoms with Crippen LogP contribution in [-0.2, 0) is 16.6 Å². The van der Waals surface area contributed by atoms with Crippen molar-refractivity contribution in [2.75, 3.05) is 10.8 Å². The van der Waals surface area contributed by atoms with E-state index < -0.39 is 10.0 Å². The molecule has 0 spiro atoms. The summed E-state index contributed by atoms with van der Waals surface area (Å²) in [5, 5.41) is 3.36. The number of rotatable bonds is 2. The van der Waals surface area contributed by atoms with E-state index in [0.717, 1.165) is 16.8 Å². The number of hydrogen-bond acceptors (Lipinski definition) is 3. The fourth-order valence-corrected chi connectivity index (χ4v) is 5.51. The highest BCUT2D eigenvalue weighted by Crippen LogP contribution is 2.32. The van der Waals surface area contributed by atoms with Crippen molar-refractivity contribution in [3.63, 3.8) is 0 Å². The molecule has 0 saturated carbocycles. The largest absolute Gasteiger partial charge is 0.308 e. The van der Waals surface area contributed by atoms with Crippen molar-refractivity contribution in [1.82, 2.24) is 5.32 Å². The lowest BCUT2D eigenvalue weighted by Gasteiger charge is -2.26. The Morgan fingerprint density at radius 1 is 1.22 bits per heavy atom. The van der Waals surface area contributed by atoms with Gasteiger partial charge in [0, 0.05) is 23.6 Å². The van der Waals surface area contributed by atoms with E-state index in [1.54, 1.807) is 6.07 Å². The maximum atomic E-state index is 13.2. The minimum Gasteiger partial charge on any atom is -0.308 e. The first-order chi connectivity index (χ1) is 10.9. The van der Waals surface area contributed by atoms with Gasteiger partial charge in [0.25, 0.3) is 10.0 Å². The van der Waals surface area contributed by atoms with Gasteiger partial charge in [-0.2, -0.15) is 0 Å². The summed E-state index contributed by atoms with van der Waals surface area (Å²) in [7, 11) is -3.63. The second kappa shape index (κ2) is 6.26. The average molecular weight is 395 g/mol. The third-order valence-electron chi connectivity index (χ3n) is 4.00. The van der Waals surface area contributed by atoms with Crippen LogP contribution in [0.1, 0.15) is 18.1 Å². The highest BCUT2D eigenvalue weighted by atomic mass is 79.9. The Labute approximate surface area is 145 Å². The number of nitrogens with one attached hydrogen (secondary N) is 1. The van der Waals surface area contributed by atoms with Crippen molar-refractivity contribution in [2.45, 2.75) is 31.3 Å². The van der Waals surface area contributed by atoms with Crippen molar-refractivity contribution in [1.29, 1.82) is 0 Å². The third-order valence-corrected chi connectivity index (χ3v) is 6.75. The molecule has 23 heavy (non-hydrogen) atoms. The summed E-state index contributed by atoms with van der Waals surface area (Å²) < 4.78 is 28.6. The smallest absolute Gasteiger partial charge is 0.265 e. The molecule has 1 aliphatic rings. The minimum absolute atomic E-state index is 0.0707. The lowest BCUT2D eigenvalue weighted by Crippen LogP contribution is -2.39. The molecular formula is C17H19BrN2O2S. The minimum atomic E-state index is -3.63. The van der Waals surface area contributed by atoms with Crippen LogP contribution in [0.4, 0.5) is 5.69 Å². The van der Waals surface area contributed by atoms with E-state index in [-0.39, 0.29) is 6.04 Å². The second-order valence-electron chi connectivity index (χ2n) is 5.88. The molecule has 3 rings (SSSR count). The van der Waals surface area contributed by atoms with Gasteiger partial charge in [0.1, 0.15) is 4.90 Å². The van der Waals surface area contributed by atoms with Gasteiger partial charge in [0.15, 0.2) is 0 Å². The highest BCUT2D eigenvalue weighted by molar-refractivity contribution is 9.10. The molecule has 0 radical (unpaired) electrons. The summed E-state index contributed by atoms with van der Waals surface area (Å²) in [5.41, 5.74) is 2.75. The van der Waals surface area contributed by atoms with E-state index in [1.165, 1.54) is 4.31 Å². The van der Waals surface area contributed by atoms with Crippen LogP contribution in [0.25, 0.3) is 0 Å². The first-order valence-corrected chi connectivity index (χ1v) is 9.73. The summed E-state index contributed by atoms with van der Waals surface area (Å²) in [6, 6.07) is 13.0. The molecular weight excluding hydrogens is 376 g/mol. The van der Waals surface area contributed by atoms with Crippen molar-refractivity contribution >= 4 is 31.6 Å². The summed E-state index contributed by atoms with van der Waals surface area (Å²) >= 11 is 3.40. The van der Waals surface area contributed by atoms with Gasteiger partial charge in [0.05, 0.1) is 5.69 Å². The van der Waals surface area contributed by atoms with Gasteiger partial charge in [-0.25, -0.2) is 8.42 Å². The number of anilines is 1. The molecule has 1 unspecified atom stereocenters. The quantitative estimate of drug-likeness (QED) is 0.848. The molecule has 1 heterocycles. The lowest BCUT2D eigenvalue weighted by molar-refractivity contribution is 0.556. The van der Waals surface area contributed by atoms with E-state index in [9.17, 15) is 8.42 Å². The zero-order chi connectivity index (χ0) is 16.6. The number of para-hydroxylation sites is 1. The number of fused-ring (bicyclic) bond motifs is 1. The van der Waals surface area contributed by atoms with E-state index >= 15 is 0 Å². The van der Waals surface area contributed by atoms with Gasteiger partial charge < -0.3 is 5.32 Å². The number of sulfonamides is 1. The topological polar surface area (TPSA) is 49.4 Å². The predicted octanol–water partition coefficient (Wildman–Crippen LogP) is 3.44. The van der Waals surface area contributed by atoms with Gasteiger partial charge >= 0.3 is 0 Å². The van der Waals surface area contributed by atoms with Gasteiger partial charge in [-0.05, 0) is 59.1 Å². The summed E-state index contributed by atoms with van der Waals surface area (Å²) in [5.74, 6) is 0. The van der Waals surface area contributed by atoms with Crippen LogP contribution in [0.2, 0.25) is 0 Å². The summed E-state index contributed by atoms with van der Waals surface area (Å²) in [6.07, 6.45) is 0. The summed E-state index contributed by atoms with van der Waals surface area (Å²) in [4.78, 5) is 0.298. The van der Waals surface area contributed by atoms with Crippen molar-refractivity contribution in [3.8, 4) is 0 Å². The first-order valence-electron chi connectivity index (χ1n) is 7.50. The Bertz CT molecular complexity index is 836. The van der Waals surface area contributed by atoms with E-state index in [1.807, 2.05) is 50.2 Å². The van der Waals surface area contributed by atoms with Crippen LogP contribution in [0, 0.1) is 6.92 Å². The van der Waals surface area contributed by atoms with Crippen LogP contribution in [0.5, 0.6) is 0 Å². The molecule has 2 aromatic carbocycles. The molecule has 0 fully saturated rings. The van der Waals surface area contributed by atoms with Crippen LogP contribution < -0.4 is 9.62 Å². The molecule has 122 valence electrons. The Kier molecular flexibility index (Phi) is 4.49. The highest BCUT2D eigenvalue weighted by Gasteiger charge is 2.31.